The van der Waals surface area contributed by atoms with Crippen LogP contribution in [-0.2, 0) is 5.75 Å². The maximum Gasteiger partial charge on any atom is 0.335 e. The number of nitrogens with one attached hydrogen (secondary N) is 1. The molecule has 2 N–H and O–H groups in total. The van der Waals surface area contributed by atoms with Gasteiger partial charge in [0.05, 0.1) is 11.6 Å². The van der Waals surface area contributed by atoms with Gasteiger partial charge in [0.25, 0.3) is 0 Å². The maximum atomic E-state index is 11.2. The lowest BCUT2D eigenvalue weighted by molar-refractivity contribution is 0.0697. The smallest absolute Gasteiger partial charge is 0.335 e. The van der Waals surface area contributed by atoms with Crippen LogP contribution in [0.1, 0.15) is 51.0 Å². The van der Waals surface area contributed by atoms with Gasteiger partial charge in [-0.2, -0.15) is 0 Å². The molecule has 2 aliphatic rings. The number of benzene rings is 3. The number of thioether (sulfide) groups is 1. The maximum absolute atomic E-state index is 11.2. The van der Waals surface area contributed by atoms with Crippen LogP contribution in [0.25, 0.3) is 0 Å². The number of anilines is 1. The molecule has 0 fully saturated rings. The Hall–Kier alpha value is -2.98. The first kappa shape index (κ1) is 20.0. The third-order valence-corrected chi connectivity index (χ3v) is 7.47. The van der Waals surface area contributed by atoms with Crippen LogP contribution in [0.4, 0.5) is 5.69 Å². The summed E-state index contributed by atoms with van der Waals surface area (Å²) in [6.45, 7) is 2.19. The van der Waals surface area contributed by atoms with Crippen LogP contribution in [0.2, 0.25) is 0 Å². The largest absolute Gasteiger partial charge is 0.478 e. The van der Waals surface area contributed by atoms with Gasteiger partial charge in [-0.3, -0.25) is 0 Å². The molecule has 3 nitrogen and oxygen atoms in total. The Morgan fingerprint density at radius 2 is 1.87 bits per heavy atom. The van der Waals surface area contributed by atoms with Crippen molar-refractivity contribution in [3.63, 3.8) is 0 Å². The number of fused-ring (bicyclic) bond motifs is 3. The molecule has 0 aromatic heterocycles. The highest BCUT2D eigenvalue weighted by Crippen LogP contribution is 2.51. The van der Waals surface area contributed by atoms with Gasteiger partial charge in [-0.05, 0) is 65.8 Å². The third-order valence-electron chi connectivity index (χ3n) is 6.39. The number of carboxylic acids is 1. The highest BCUT2D eigenvalue weighted by molar-refractivity contribution is 7.98. The molecule has 5 rings (SSSR count). The molecule has 0 radical (unpaired) electrons. The molecule has 156 valence electrons. The predicted molar refractivity (Wildman–Crippen MR) is 127 cm³/mol. The lowest BCUT2D eigenvalue weighted by Crippen LogP contribution is -2.29. The number of hydrogen-bond donors (Lipinski definition) is 2. The van der Waals surface area contributed by atoms with Gasteiger partial charge < -0.3 is 10.4 Å². The van der Waals surface area contributed by atoms with E-state index in [0.29, 0.717) is 17.4 Å². The molecule has 0 spiro atoms. The van der Waals surface area contributed by atoms with E-state index in [2.05, 4.69) is 66.9 Å². The molecule has 1 aliphatic heterocycles. The second kappa shape index (κ2) is 8.27. The van der Waals surface area contributed by atoms with Crippen LogP contribution in [0.5, 0.6) is 0 Å². The topological polar surface area (TPSA) is 49.3 Å². The molecule has 3 atom stereocenters. The summed E-state index contributed by atoms with van der Waals surface area (Å²) in [7, 11) is 0. The molecule has 31 heavy (non-hydrogen) atoms. The summed E-state index contributed by atoms with van der Waals surface area (Å²) in [6, 6.07) is 22.7. The first-order valence-electron chi connectivity index (χ1n) is 10.7. The summed E-state index contributed by atoms with van der Waals surface area (Å²) < 4.78 is 0. The number of aryl methyl sites for hydroxylation is 1. The average Bonchev–Trinajstić information content (AvgIpc) is 3.28. The highest BCUT2D eigenvalue weighted by Gasteiger charge is 2.38. The van der Waals surface area contributed by atoms with E-state index >= 15 is 0 Å². The van der Waals surface area contributed by atoms with E-state index in [-0.39, 0.29) is 6.04 Å². The number of rotatable bonds is 5. The summed E-state index contributed by atoms with van der Waals surface area (Å²) in [4.78, 5) is 12.5. The van der Waals surface area contributed by atoms with Gasteiger partial charge in [-0.25, -0.2) is 4.79 Å². The molecule has 1 aliphatic carbocycles. The predicted octanol–water partition coefficient (Wildman–Crippen LogP) is 6.81. The SMILES string of the molecule is Cc1cc(CSc2ccccc2)cc2c1N[C@H](c1ccc(C(=O)O)cc1)[C@@H]1CC=C[C@H]21. The van der Waals surface area contributed by atoms with Crippen LogP contribution in [-0.4, -0.2) is 11.1 Å². The van der Waals surface area contributed by atoms with Crippen molar-refractivity contribution >= 4 is 23.4 Å². The fourth-order valence-electron chi connectivity index (χ4n) is 4.89. The van der Waals surface area contributed by atoms with Gasteiger partial charge >= 0.3 is 5.97 Å². The van der Waals surface area contributed by atoms with E-state index in [0.717, 1.165) is 17.7 Å². The van der Waals surface area contributed by atoms with Gasteiger partial charge in [-0.15, -0.1) is 11.8 Å². The third kappa shape index (κ3) is 3.88. The number of allylic oxidation sites excluding steroid dienone is 2. The highest BCUT2D eigenvalue weighted by atomic mass is 32.2. The summed E-state index contributed by atoms with van der Waals surface area (Å²) in [5.41, 5.74) is 6.73. The number of aromatic carboxylic acids is 1. The van der Waals surface area contributed by atoms with Crippen LogP contribution in [0.3, 0.4) is 0 Å². The zero-order chi connectivity index (χ0) is 21.4. The second-order valence-corrected chi connectivity index (χ2v) is 9.43. The summed E-state index contributed by atoms with van der Waals surface area (Å²) in [6.07, 6.45) is 5.69. The number of carbonyl (C=O) groups is 1. The quantitative estimate of drug-likeness (QED) is 0.347. The molecule has 0 saturated carbocycles. The van der Waals surface area contributed by atoms with Crippen LogP contribution in [0, 0.1) is 12.8 Å². The molecule has 0 unspecified atom stereocenters. The van der Waals surface area contributed by atoms with Crippen molar-refractivity contribution < 1.29 is 9.90 Å². The first-order valence-corrected chi connectivity index (χ1v) is 11.7. The van der Waals surface area contributed by atoms with Crippen molar-refractivity contribution in [2.24, 2.45) is 5.92 Å². The summed E-state index contributed by atoms with van der Waals surface area (Å²) in [5, 5.41) is 13.0. The van der Waals surface area contributed by atoms with Crippen LogP contribution < -0.4 is 5.32 Å². The monoisotopic (exact) mass is 427 g/mol. The Labute approximate surface area is 187 Å². The van der Waals surface area contributed by atoms with E-state index in [9.17, 15) is 9.90 Å². The number of hydrogen-bond acceptors (Lipinski definition) is 3. The van der Waals surface area contributed by atoms with Crippen molar-refractivity contribution in [2.45, 2.75) is 36.0 Å². The molecule has 3 aromatic rings. The van der Waals surface area contributed by atoms with E-state index in [1.807, 2.05) is 23.9 Å². The summed E-state index contributed by atoms with van der Waals surface area (Å²) >= 11 is 1.87. The zero-order valence-electron chi connectivity index (χ0n) is 17.4. The van der Waals surface area contributed by atoms with Gasteiger partial charge in [0.2, 0.25) is 0 Å². The minimum absolute atomic E-state index is 0.179. The van der Waals surface area contributed by atoms with Crippen molar-refractivity contribution in [3.05, 3.63) is 107 Å². The Kier molecular flexibility index (Phi) is 5.33. The number of carboxylic acid groups (broad SMARTS) is 1. The standard InChI is InChI=1S/C27H25NO2S/c1-17-14-18(16-31-21-6-3-2-4-7-21)15-24-22-8-5-9-23(22)26(28-25(17)24)19-10-12-20(13-11-19)27(29)30/h2-8,10-15,22-23,26,28H,9,16H2,1H3,(H,29,30)/t22-,23+,26+/m0/s1. The van der Waals surface area contributed by atoms with E-state index < -0.39 is 5.97 Å². The molecular formula is C27H25NO2S. The van der Waals surface area contributed by atoms with E-state index in [1.54, 1.807) is 12.1 Å². The van der Waals surface area contributed by atoms with Gasteiger partial charge in [0, 0.05) is 22.3 Å². The van der Waals surface area contributed by atoms with Crippen molar-refractivity contribution in [2.75, 3.05) is 5.32 Å². The summed E-state index contributed by atoms with van der Waals surface area (Å²) in [5.74, 6) is 0.908. The van der Waals surface area contributed by atoms with Gasteiger partial charge in [0.15, 0.2) is 0 Å². The Balaban J connectivity index is 1.44. The van der Waals surface area contributed by atoms with E-state index in [1.165, 1.54) is 27.3 Å². The van der Waals surface area contributed by atoms with Crippen molar-refractivity contribution in [1.29, 1.82) is 0 Å². The fourth-order valence-corrected chi connectivity index (χ4v) is 5.74. The zero-order valence-corrected chi connectivity index (χ0v) is 18.2. The molecule has 0 saturated heterocycles. The Morgan fingerprint density at radius 3 is 2.61 bits per heavy atom. The van der Waals surface area contributed by atoms with Gasteiger partial charge in [0.1, 0.15) is 0 Å². The molecular weight excluding hydrogens is 402 g/mol. The molecule has 1 heterocycles. The Morgan fingerprint density at radius 1 is 1.10 bits per heavy atom. The first-order chi connectivity index (χ1) is 15.1. The normalized spacial score (nSPS) is 21.3. The lowest BCUT2D eigenvalue weighted by Gasteiger charge is -2.38. The van der Waals surface area contributed by atoms with Crippen molar-refractivity contribution in [3.8, 4) is 0 Å². The van der Waals surface area contributed by atoms with E-state index in [4.69, 9.17) is 0 Å². The van der Waals surface area contributed by atoms with Crippen molar-refractivity contribution in [1.82, 2.24) is 0 Å². The second-order valence-electron chi connectivity index (χ2n) is 8.38. The fraction of sp³-hybridized carbons (Fsp3) is 0.222. The van der Waals surface area contributed by atoms with Gasteiger partial charge in [-0.1, -0.05) is 54.6 Å². The minimum atomic E-state index is -0.884. The molecule has 3 aromatic carbocycles. The van der Waals surface area contributed by atoms with Crippen LogP contribution >= 0.6 is 11.8 Å². The molecule has 0 amide bonds. The lowest BCUT2D eigenvalue weighted by atomic mass is 9.76. The van der Waals surface area contributed by atoms with Crippen LogP contribution in [0.15, 0.2) is 83.8 Å². The molecule has 0 bridgehead atoms. The Bertz CT molecular complexity index is 1140. The molecule has 4 heteroatoms. The minimum Gasteiger partial charge on any atom is -0.478 e. The average molecular weight is 428 g/mol.